The summed E-state index contributed by atoms with van der Waals surface area (Å²) in [6, 6.07) is 13.2. The second-order valence-corrected chi connectivity index (χ2v) is 4.54. The van der Waals surface area contributed by atoms with E-state index in [4.69, 9.17) is 16.3 Å². The number of epoxide rings is 1. The second-order valence-electron chi connectivity index (χ2n) is 4.11. The molecule has 1 N–H and O–H groups in total. The van der Waals surface area contributed by atoms with Gasteiger partial charge in [-0.1, -0.05) is 35.9 Å². The SMILES string of the molecule is Oc1cc(-c2cccc(Cl)c2)ccc1C1CO1. The lowest BCUT2D eigenvalue weighted by molar-refractivity contribution is 0.401. The summed E-state index contributed by atoms with van der Waals surface area (Å²) in [5, 5.41) is 10.6. The first-order chi connectivity index (χ1) is 8.24. The van der Waals surface area contributed by atoms with E-state index in [2.05, 4.69) is 0 Å². The van der Waals surface area contributed by atoms with Crippen molar-refractivity contribution in [3.05, 3.63) is 53.1 Å². The summed E-state index contributed by atoms with van der Waals surface area (Å²) >= 11 is 5.94. The molecule has 17 heavy (non-hydrogen) atoms. The van der Waals surface area contributed by atoms with Crippen molar-refractivity contribution >= 4 is 11.6 Å². The van der Waals surface area contributed by atoms with Crippen LogP contribution in [0.5, 0.6) is 5.75 Å². The van der Waals surface area contributed by atoms with Crippen molar-refractivity contribution in [2.75, 3.05) is 6.61 Å². The molecule has 1 unspecified atom stereocenters. The van der Waals surface area contributed by atoms with Gasteiger partial charge >= 0.3 is 0 Å². The third-order valence-corrected chi connectivity index (χ3v) is 3.10. The smallest absolute Gasteiger partial charge is 0.122 e. The Hall–Kier alpha value is -1.51. The molecule has 1 aliphatic rings. The molecule has 1 fully saturated rings. The van der Waals surface area contributed by atoms with Gasteiger partial charge in [0.05, 0.1) is 6.61 Å². The predicted octanol–water partition coefficient (Wildman–Crippen LogP) is 3.78. The van der Waals surface area contributed by atoms with Crippen LogP contribution in [0.2, 0.25) is 5.02 Å². The highest BCUT2D eigenvalue weighted by molar-refractivity contribution is 6.30. The van der Waals surface area contributed by atoms with Gasteiger partial charge in [-0.2, -0.15) is 0 Å². The topological polar surface area (TPSA) is 32.8 Å². The molecule has 2 aromatic rings. The molecule has 3 rings (SSSR count). The lowest BCUT2D eigenvalue weighted by Crippen LogP contribution is -1.84. The molecule has 2 nitrogen and oxygen atoms in total. The number of ether oxygens (including phenoxy) is 1. The first kappa shape index (κ1) is 10.6. The lowest BCUT2D eigenvalue weighted by Gasteiger charge is -2.06. The zero-order valence-electron chi connectivity index (χ0n) is 9.06. The Morgan fingerprint density at radius 2 is 1.88 bits per heavy atom. The second kappa shape index (κ2) is 4.06. The van der Waals surface area contributed by atoms with Gasteiger partial charge in [0.2, 0.25) is 0 Å². The molecular weight excluding hydrogens is 236 g/mol. The highest BCUT2D eigenvalue weighted by Crippen LogP contribution is 2.38. The van der Waals surface area contributed by atoms with Crippen LogP contribution in [0, 0.1) is 0 Å². The molecule has 1 atom stereocenters. The summed E-state index contributed by atoms with van der Waals surface area (Å²) in [6.07, 6.45) is 0.0726. The monoisotopic (exact) mass is 246 g/mol. The van der Waals surface area contributed by atoms with Crippen molar-refractivity contribution in [1.29, 1.82) is 0 Å². The van der Waals surface area contributed by atoms with E-state index in [9.17, 15) is 5.11 Å². The Morgan fingerprint density at radius 3 is 2.53 bits per heavy atom. The van der Waals surface area contributed by atoms with Crippen LogP contribution in [0.3, 0.4) is 0 Å². The zero-order chi connectivity index (χ0) is 11.8. The number of hydrogen-bond acceptors (Lipinski definition) is 2. The van der Waals surface area contributed by atoms with Gasteiger partial charge in [-0.25, -0.2) is 0 Å². The van der Waals surface area contributed by atoms with Gasteiger partial charge in [0.15, 0.2) is 0 Å². The van der Waals surface area contributed by atoms with Crippen LogP contribution in [0.4, 0.5) is 0 Å². The molecule has 0 saturated carbocycles. The van der Waals surface area contributed by atoms with Crippen LogP contribution in [0.1, 0.15) is 11.7 Å². The summed E-state index contributed by atoms with van der Waals surface area (Å²) in [5.74, 6) is 0.282. The number of phenols is 1. The van der Waals surface area contributed by atoms with Gasteiger partial charge in [0, 0.05) is 10.6 Å². The molecule has 0 radical (unpaired) electrons. The normalized spacial score (nSPS) is 18.1. The fourth-order valence-corrected chi connectivity index (χ4v) is 2.08. The van der Waals surface area contributed by atoms with Gasteiger partial charge < -0.3 is 9.84 Å². The summed E-state index contributed by atoms with van der Waals surface area (Å²) in [7, 11) is 0. The summed E-state index contributed by atoms with van der Waals surface area (Å²) < 4.78 is 5.16. The Labute approximate surface area is 104 Å². The van der Waals surface area contributed by atoms with E-state index in [-0.39, 0.29) is 11.9 Å². The maximum atomic E-state index is 9.92. The molecule has 1 heterocycles. The fourth-order valence-electron chi connectivity index (χ4n) is 1.89. The molecule has 1 saturated heterocycles. The summed E-state index contributed by atoms with van der Waals surface area (Å²) in [4.78, 5) is 0. The predicted molar refractivity (Wildman–Crippen MR) is 67.2 cm³/mol. The van der Waals surface area contributed by atoms with Crippen LogP contribution < -0.4 is 0 Å². The maximum absolute atomic E-state index is 9.92. The van der Waals surface area contributed by atoms with E-state index in [1.807, 2.05) is 36.4 Å². The molecule has 0 bridgehead atoms. The van der Waals surface area contributed by atoms with Gasteiger partial charge in [-0.05, 0) is 29.3 Å². The van der Waals surface area contributed by atoms with Crippen LogP contribution in [-0.4, -0.2) is 11.7 Å². The molecule has 0 aromatic heterocycles. The standard InChI is InChI=1S/C14H11ClO2/c15-11-3-1-2-9(6-11)10-4-5-12(13(16)7-10)14-8-17-14/h1-7,14,16H,8H2. The van der Waals surface area contributed by atoms with Crippen LogP contribution in [0.15, 0.2) is 42.5 Å². The van der Waals surface area contributed by atoms with Gasteiger partial charge in [-0.15, -0.1) is 0 Å². The number of aromatic hydroxyl groups is 1. The van der Waals surface area contributed by atoms with E-state index >= 15 is 0 Å². The van der Waals surface area contributed by atoms with Crippen molar-refractivity contribution in [3.8, 4) is 16.9 Å². The summed E-state index contributed by atoms with van der Waals surface area (Å²) in [5.41, 5.74) is 2.81. The quantitative estimate of drug-likeness (QED) is 0.818. The average molecular weight is 247 g/mol. The van der Waals surface area contributed by atoms with E-state index in [1.54, 1.807) is 6.07 Å². The largest absolute Gasteiger partial charge is 0.508 e. The van der Waals surface area contributed by atoms with E-state index < -0.39 is 0 Å². The number of hydrogen-bond donors (Lipinski definition) is 1. The third kappa shape index (κ3) is 2.14. The Bertz CT molecular complexity index is 562. The minimum absolute atomic E-state index is 0.0726. The van der Waals surface area contributed by atoms with Crippen molar-refractivity contribution in [3.63, 3.8) is 0 Å². The van der Waals surface area contributed by atoms with E-state index in [0.29, 0.717) is 11.6 Å². The zero-order valence-corrected chi connectivity index (χ0v) is 9.82. The number of rotatable bonds is 2. The van der Waals surface area contributed by atoms with Crippen molar-refractivity contribution in [1.82, 2.24) is 0 Å². The minimum Gasteiger partial charge on any atom is -0.508 e. The van der Waals surface area contributed by atoms with Crippen molar-refractivity contribution < 1.29 is 9.84 Å². The molecule has 2 aromatic carbocycles. The average Bonchev–Trinajstić information content (AvgIpc) is 3.13. The minimum atomic E-state index is 0.0726. The number of benzene rings is 2. The van der Waals surface area contributed by atoms with Gasteiger partial charge in [0.1, 0.15) is 11.9 Å². The maximum Gasteiger partial charge on any atom is 0.122 e. The molecule has 0 amide bonds. The highest BCUT2D eigenvalue weighted by Gasteiger charge is 2.27. The van der Waals surface area contributed by atoms with E-state index in [1.165, 1.54) is 0 Å². The fraction of sp³-hybridized carbons (Fsp3) is 0.143. The van der Waals surface area contributed by atoms with Gasteiger partial charge in [-0.3, -0.25) is 0 Å². The Balaban J connectivity index is 2.01. The molecule has 1 aliphatic heterocycles. The van der Waals surface area contributed by atoms with Gasteiger partial charge in [0.25, 0.3) is 0 Å². The molecule has 0 aliphatic carbocycles. The first-order valence-electron chi connectivity index (χ1n) is 5.44. The molecule has 0 spiro atoms. The first-order valence-corrected chi connectivity index (χ1v) is 5.82. The van der Waals surface area contributed by atoms with Crippen LogP contribution >= 0.6 is 11.6 Å². The van der Waals surface area contributed by atoms with Crippen LogP contribution in [-0.2, 0) is 4.74 Å². The van der Waals surface area contributed by atoms with Crippen LogP contribution in [0.25, 0.3) is 11.1 Å². The van der Waals surface area contributed by atoms with Crippen molar-refractivity contribution in [2.24, 2.45) is 0 Å². The number of phenolic OH excluding ortho intramolecular Hbond substituents is 1. The molecule has 3 heteroatoms. The third-order valence-electron chi connectivity index (χ3n) is 2.87. The number of halogens is 1. The lowest BCUT2D eigenvalue weighted by atomic mass is 10.0. The highest BCUT2D eigenvalue weighted by atomic mass is 35.5. The van der Waals surface area contributed by atoms with E-state index in [0.717, 1.165) is 16.7 Å². The van der Waals surface area contributed by atoms with Crippen molar-refractivity contribution in [2.45, 2.75) is 6.10 Å². The molecular formula is C14H11ClO2. The Kier molecular flexibility index (Phi) is 2.54. The molecule has 86 valence electrons. The Morgan fingerprint density at radius 1 is 1.12 bits per heavy atom. The summed E-state index contributed by atoms with van der Waals surface area (Å²) in [6.45, 7) is 0.698.